The Kier molecular flexibility index (Phi) is 7.56. The second kappa shape index (κ2) is 9.39. The molecule has 0 aliphatic heterocycles. The highest BCUT2D eigenvalue weighted by Crippen LogP contribution is 2.25. The molecule has 0 aliphatic carbocycles. The van der Waals surface area contributed by atoms with Gasteiger partial charge in [0.15, 0.2) is 0 Å². The topological polar surface area (TPSA) is 101 Å². The SMILES string of the molecule is Cc1ccccc1C(C)(N)Cc1ccccc1.O=C(O)C=CC(=O)O. The van der Waals surface area contributed by atoms with Crippen LogP contribution < -0.4 is 5.73 Å². The van der Waals surface area contributed by atoms with Crippen LogP contribution in [0.1, 0.15) is 23.6 Å². The van der Waals surface area contributed by atoms with Gasteiger partial charge in [-0.1, -0.05) is 54.6 Å². The van der Waals surface area contributed by atoms with Crippen molar-refractivity contribution in [2.45, 2.75) is 25.8 Å². The second-order valence-electron chi connectivity index (χ2n) is 5.90. The third-order valence-electron chi connectivity index (χ3n) is 3.54. The number of benzene rings is 2. The van der Waals surface area contributed by atoms with E-state index in [1.807, 2.05) is 6.07 Å². The molecule has 25 heavy (non-hydrogen) atoms. The Bertz CT molecular complexity index is 720. The maximum Gasteiger partial charge on any atom is 0.328 e. The Morgan fingerprint density at radius 1 is 0.960 bits per heavy atom. The number of hydrogen-bond donors (Lipinski definition) is 3. The lowest BCUT2D eigenvalue weighted by Gasteiger charge is -2.27. The van der Waals surface area contributed by atoms with Crippen molar-refractivity contribution in [1.82, 2.24) is 0 Å². The zero-order chi connectivity index (χ0) is 18.9. The lowest BCUT2D eigenvalue weighted by molar-refractivity contribution is -0.134. The molecule has 0 aliphatic rings. The van der Waals surface area contributed by atoms with Crippen LogP contribution in [-0.4, -0.2) is 22.2 Å². The van der Waals surface area contributed by atoms with Crippen molar-refractivity contribution in [2.75, 3.05) is 0 Å². The molecule has 1 unspecified atom stereocenters. The van der Waals surface area contributed by atoms with E-state index in [-0.39, 0.29) is 5.54 Å². The van der Waals surface area contributed by atoms with Crippen molar-refractivity contribution < 1.29 is 19.8 Å². The van der Waals surface area contributed by atoms with Crippen LogP contribution in [-0.2, 0) is 21.5 Å². The highest BCUT2D eigenvalue weighted by atomic mass is 16.4. The van der Waals surface area contributed by atoms with Gasteiger partial charge >= 0.3 is 11.9 Å². The average molecular weight is 341 g/mol. The average Bonchev–Trinajstić information content (AvgIpc) is 2.54. The summed E-state index contributed by atoms with van der Waals surface area (Å²) in [5, 5.41) is 15.6. The Balaban J connectivity index is 0.000000333. The lowest BCUT2D eigenvalue weighted by atomic mass is 9.84. The summed E-state index contributed by atoms with van der Waals surface area (Å²) in [5.41, 5.74) is 9.92. The Labute approximate surface area is 147 Å². The van der Waals surface area contributed by atoms with Gasteiger partial charge in [-0.15, -0.1) is 0 Å². The number of carbonyl (C=O) groups is 2. The van der Waals surface area contributed by atoms with E-state index in [0.29, 0.717) is 12.2 Å². The van der Waals surface area contributed by atoms with E-state index in [9.17, 15) is 9.59 Å². The molecule has 0 bridgehead atoms. The first kappa shape index (κ1) is 20.1. The first-order valence-electron chi connectivity index (χ1n) is 7.75. The molecule has 2 rings (SSSR count). The van der Waals surface area contributed by atoms with Crippen molar-refractivity contribution >= 4 is 11.9 Å². The smallest absolute Gasteiger partial charge is 0.328 e. The standard InChI is InChI=1S/C16H19N.C4H4O4/c1-13-8-6-7-11-15(13)16(2,17)12-14-9-4-3-5-10-14;5-3(6)1-2-4(7)8/h3-11H,12,17H2,1-2H3;1-2H,(H,5,6)(H,7,8). The quantitative estimate of drug-likeness (QED) is 0.725. The van der Waals surface area contributed by atoms with Gasteiger partial charge in [-0.25, -0.2) is 9.59 Å². The van der Waals surface area contributed by atoms with Gasteiger partial charge in [-0.3, -0.25) is 0 Å². The summed E-state index contributed by atoms with van der Waals surface area (Å²) in [6.07, 6.45) is 1.98. The van der Waals surface area contributed by atoms with E-state index >= 15 is 0 Å². The van der Waals surface area contributed by atoms with Gasteiger partial charge in [0.1, 0.15) is 0 Å². The number of nitrogens with two attached hydrogens (primary N) is 1. The molecular weight excluding hydrogens is 318 g/mol. The molecule has 0 fully saturated rings. The highest BCUT2D eigenvalue weighted by Gasteiger charge is 2.22. The van der Waals surface area contributed by atoms with Crippen LogP contribution in [0.15, 0.2) is 66.7 Å². The minimum Gasteiger partial charge on any atom is -0.478 e. The molecule has 0 aromatic heterocycles. The lowest BCUT2D eigenvalue weighted by Crippen LogP contribution is -2.36. The van der Waals surface area contributed by atoms with Crippen molar-refractivity contribution in [3.8, 4) is 0 Å². The predicted octanol–water partition coefficient (Wildman–Crippen LogP) is 3.12. The molecule has 2 aromatic rings. The zero-order valence-electron chi connectivity index (χ0n) is 14.3. The summed E-state index contributed by atoms with van der Waals surface area (Å²) < 4.78 is 0. The molecule has 0 spiro atoms. The molecule has 0 saturated heterocycles. The van der Waals surface area contributed by atoms with E-state index < -0.39 is 11.9 Å². The summed E-state index contributed by atoms with van der Waals surface area (Å²) in [6, 6.07) is 18.8. The zero-order valence-corrected chi connectivity index (χ0v) is 14.3. The van der Waals surface area contributed by atoms with E-state index in [1.54, 1.807) is 0 Å². The molecule has 5 nitrogen and oxygen atoms in total. The van der Waals surface area contributed by atoms with Gasteiger partial charge in [-0.2, -0.15) is 0 Å². The fourth-order valence-electron chi connectivity index (χ4n) is 2.47. The van der Waals surface area contributed by atoms with Crippen LogP contribution in [0.4, 0.5) is 0 Å². The minimum atomic E-state index is -1.26. The highest BCUT2D eigenvalue weighted by molar-refractivity contribution is 5.89. The molecule has 0 amide bonds. The summed E-state index contributed by atoms with van der Waals surface area (Å²) in [4.78, 5) is 19.1. The number of carboxylic acid groups (broad SMARTS) is 2. The van der Waals surface area contributed by atoms with Crippen LogP contribution in [0.25, 0.3) is 0 Å². The van der Waals surface area contributed by atoms with Crippen molar-refractivity contribution in [2.24, 2.45) is 5.73 Å². The number of hydrogen-bond acceptors (Lipinski definition) is 3. The van der Waals surface area contributed by atoms with Crippen LogP contribution >= 0.6 is 0 Å². The molecule has 132 valence electrons. The summed E-state index contributed by atoms with van der Waals surface area (Å²) in [7, 11) is 0. The predicted molar refractivity (Wildman–Crippen MR) is 97.3 cm³/mol. The molecule has 1 atom stereocenters. The van der Waals surface area contributed by atoms with Crippen molar-refractivity contribution in [3.05, 3.63) is 83.4 Å². The van der Waals surface area contributed by atoms with Crippen LogP contribution in [0.5, 0.6) is 0 Å². The van der Waals surface area contributed by atoms with Crippen LogP contribution in [0, 0.1) is 6.92 Å². The molecule has 2 aromatic carbocycles. The van der Waals surface area contributed by atoms with E-state index in [0.717, 1.165) is 6.42 Å². The molecule has 0 radical (unpaired) electrons. The Hall–Kier alpha value is -2.92. The Morgan fingerprint density at radius 2 is 1.44 bits per heavy atom. The number of carboxylic acids is 2. The normalized spacial score (nSPS) is 12.8. The number of rotatable bonds is 5. The van der Waals surface area contributed by atoms with E-state index in [2.05, 4.69) is 62.4 Å². The van der Waals surface area contributed by atoms with Crippen molar-refractivity contribution in [1.29, 1.82) is 0 Å². The molecule has 0 heterocycles. The fraction of sp³-hybridized carbons (Fsp3) is 0.200. The summed E-state index contributed by atoms with van der Waals surface area (Å²) in [5.74, 6) is -2.51. The van der Waals surface area contributed by atoms with Crippen molar-refractivity contribution in [3.63, 3.8) is 0 Å². The number of aryl methyl sites for hydroxylation is 1. The first-order chi connectivity index (χ1) is 11.7. The van der Waals surface area contributed by atoms with Gasteiger partial charge in [0, 0.05) is 17.7 Å². The van der Waals surface area contributed by atoms with Crippen LogP contribution in [0.2, 0.25) is 0 Å². The summed E-state index contributed by atoms with van der Waals surface area (Å²) >= 11 is 0. The van der Waals surface area contributed by atoms with E-state index in [1.165, 1.54) is 16.7 Å². The van der Waals surface area contributed by atoms with Gasteiger partial charge in [0.25, 0.3) is 0 Å². The summed E-state index contributed by atoms with van der Waals surface area (Å²) in [6.45, 7) is 4.22. The van der Waals surface area contributed by atoms with Gasteiger partial charge in [0.05, 0.1) is 0 Å². The molecule has 5 heteroatoms. The second-order valence-corrected chi connectivity index (χ2v) is 5.90. The maximum absolute atomic E-state index is 9.55. The van der Waals surface area contributed by atoms with Gasteiger partial charge in [-0.05, 0) is 37.0 Å². The van der Waals surface area contributed by atoms with Crippen LogP contribution in [0.3, 0.4) is 0 Å². The van der Waals surface area contributed by atoms with E-state index in [4.69, 9.17) is 15.9 Å². The molecule has 0 saturated carbocycles. The van der Waals surface area contributed by atoms with Gasteiger partial charge in [0.2, 0.25) is 0 Å². The maximum atomic E-state index is 9.55. The fourth-order valence-corrected chi connectivity index (χ4v) is 2.47. The largest absolute Gasteiger partial charge is 0.478 e. The molecule has 4 N–H and O–H groups in total. The molecular formula is C20H23NO4. The third kappa shape index (κ3) is 7.46. The third-order valence-corrected chi connectivity index (χ3v) is 3.54. The first-order valence-corrected chi connectivity index (χ1v) is 7.75. The Morgan fingerprint density at radius 3 is 1.92 bits per heavy atom. The van der Waals surface area contributed by atoms with Gasteiger partial charge < -0.3 is 15.9 Å². The number of aliphatic carboxylic acids is 2. The minimum absolute atomic E-state index is 0.313. The monoisotopic (exact) mass is 341 g/mol.